The molecule has 0 heterocycles. The molecule has 18 heavy (non-hydrogen) atoms. The molecule has 0 amide bonds. The Bertz CT molecular complexity index is 566. The van der Waals surface area contributed by atoms with E-state index in [1.54, 1.807) is 30.3 Å². The predicted octanol–water partition coefficient (Wildman–Crippen LogP) is 2.14. The molecule has 2 bridgehead atoms. The van der Waals surface area contributed by atoms with E-state index in [0.29, 0.717) is 5.92 Å². The van der Waals surface area contributed by atoms with Crippen LogP contribution in [0.2, 0.25) is 0 Å². The molecule has 96 valence electrons. The van der Waals surface area contributed by atoms with Crippen molar-refractivity contribution in [2.75, 3.05) is 0 Å². The fourth-order valence-electron chi connectivity index (χ4n) is 2.93. The van der Waals surface area contributed by atoms with Crippen LogP contribution in [-0.4, -0.2) is 14.1 Å². The van der Waals surface area contributed by atoms with Crippen LogP contribution in [0.25, 0.3) is 0 Å². The highest BCUT2D eigenvalue weighted by Crippen LogP contribution is 2.42. The fourth-order valence-corrected chi connectivity index (χ4v) is 3.79. The van der Waals surface area contributed by atoms with Gasteiger partial charge in [-0.1, -0.05) is 18.2 Å². The Kier molecular flexibility index (Phi) is 2.86. The average molecular weight is 264 g/mol. The van der Waals surface area contributed by atoms with Gasteiger partial charge in [-0.05, 0) is 49.7 Å². The van der Waals surface area contributed by atoms with Gasteiger partial charge < -0.3 is 0 Å². The van der Waals surface area contributed by atoms with Gasteiger partial charge >= 0.3 is 0 Å². The minimum absolute atomic E-state index is 0.262. The van der Waals surface area contributed by atoms with E-state index < -0.39 is 10.0 Å². The maximum Gasteiger partial charge on any atom is 0.276 e. The fraction of sp³-hybridized carbons (Fsp3) is 0.462. The van der Waals surface area contributed by atoms with E-state index in [1.165, 1.54) is 12.8 Å². The Labute approximate surface area is 107 Å². The lowest BCUT2D eigenvalue weighted by atomic mass is 9.99. The molecule has 3 rings (SSSR count). The van der Waals surface area contributed by atoms with Crippen LogP contribution in [-0.2, 0) is 10.0 Å². The molecule has 1 aromatic carbocycles. The number of nitrogens with one attached hydrogen (secondary N) is 1. The smallest absolute Gasteiger partial charge is 0.200 e. The lowest BCUT2D eigenvalue weighted by Crippen LogP contribution is -2.22. The summed E-state index contributed by atoms with van der Waals surface area (Å²) in [7, 11) is -3.50. The molecule has 0 spiro atoms. The Morgan fingerprint density at radius 1 is 1.17 bits per heavy atom. The minimum Gasteiger partial charge on any atom is -0.200 e. The van der Waals surface area contributed by atoms with Crippen LogP contribution in [0.4, 0.5) is 0 Å². The van der Waals surface area contributed by atoms with Crippen molar-refractivity contribution in [3.63, 3.8) is 0 Å². The average Bonchev–Trinajstić information content (AvgIpc) is 3.00. The third-order valence-electron chi connectivity index (χ3n) is 3.87. The molecule has 2 aliphatic rings. The van der Waals surface area contributed by atoms with Gasteiger partial charge in [-0.25, -0.2) is 4.83 Å². The molecular formula is C13H16N2O2S. The van der Waals surface area contributed by atoms with Crippen molar-refractivity contribution in [1.82, 2.24) is 4.83 Å². The standard InChI is InChI=1S/C13H16N2O2S/c16-18(17,12-4-2-1-3-5-12)15-14-13-9-10-6-7-11(13)8-10/h1-5,10-11,15H,6-9H2/b14-13+/t10-,11-/m1/s1. The number of sulfonamides is 1. The molecule has 0 aromatic heterocycles. The number of rotatable bonds is 3. The number of benzene rings is 1. The van der Waals surface area contributed by atoms with Crippen molar-refractivity contribution in [3.8, 4) is 0 Å². The molecule has 1 aromatic rings. The summed E-state index contributed by atoms with van der Waals surface area (Å²) in [6.07, 6.45) is 4.58. The van der Waals surface area contributed by atoms with E-state index in [4.69, 9.17) is 0 Å². The molecule has 1 N–H and O–H groups in total. The third-order valence-corrected chi connectivity index (χ3v) is 5.10. The topological polar surface area (TPSA) is 58.5 Å². The molecule has 2 atom stereocenters. The van der Waals surface area contributed by atoms with Crippen molar-refractivity contribution < 1.29 is 8.42 Å². The Hall–Kier alpha value is -1.36. The van der Waals surface area contributed by atoms with E-state index >= 15 is 0 Å². The minimum atomic E-state index is -3.50. The molecule has 2 aliphatic carbocycles. The Morgan fingerprint density at radius 2 is 1.94 bits per heavy atom. The van der Waals surface area contributed by atoms with Gasteiger partial charge in [0.15, 0.2) is 0 Å². The van der Waals surface area contributed by atoms with Crippen molar-refractivity contribution in [1.29, 1.82) is 0 Å². The van der Waals surface area contributed by atoms with Crippen molar-refractivity contribution in [2.24, 2.45) is 16.9 Å². The van der Waals surface area contributed by atoms with Crippen LogP contribution in [0.1, 0.15) is 25.7 Å². The van der Waals surface area contributed by atoms with Gasteiger partial charge in [0.25, 0.3) is 10.0 Å². The highest BCUT2D eigenvalue weighted by molar-refractivity contribution is 7.89. The van der Waals surface area contributed by atoms with Gasteiger partial charge in [-0.2, -0.15) is 13.5 Å². The normalized spacial score (nSPS) is 28.8. The zero-order valence-corrected chi connectivity index (χ0v) is 10.9. The Morgan fingerprint density at radius 3 is 2.56 bits per heavy atom. The molecule has 2 saturated carbocycles. The first-order valence-corrected chi connectivity index (χ1v) is 7.77. The highest BCUT2D eigenvalue weighted by atomic mass is 32.2. The largest absolute Gasteiger partial charge is 0.276 e. The first kappa shape index (κ1) is 11.7. The molecule has 0 saturated heterocycles. The van der Waals surface area contributed by atoms with Gasteiger partial charge in [0.1, 0.15) is 0 Å². The predicted molar refractivity (Wildman–Crippen MR) is 69.6 cm³/mol. The zero-order chi connectivity index (χ0) is 12.6. The molecule has 4 nitrogen and oxygen atoms in total. The van der Waals surface area contributed by atoms with E-state index in [0.717, 1.165) is 24.5 Å². The lowest BCUT2D eigenvalue weighted by Gasteiger charge is -2.12. The third kappa shape index (κ3) is 2.14. The summed E-state index contributed by atoms with van der Waals surface area (Å²) in [4.78, 5) is 2.62. The monoisotopic (exact) mass is 264 g/mol. The summed E-state index contributed by atoms with van der Waals surface area (Å²) < 4.78 is 24.0. The van der Waals surface area contributed by atoms with Gasteiger partial charge in [0.05, 0.1) is 4.90 Å². The maximum atomic E-state index is 12.0. The van der Waals surface area contributed by atoms with Crippen LogP contribution in [0.3, 0.4) is 0 Å². The van der Waals surface area contributed by atoms with Crippen LogP contribution >= 0.6 is 0 Å². The van der Waals surface area contributed by atoms with Crippen LogP contribution in [0.15, 0.2) is 40.3 Å². The Balaban J connectivity index is 1.76. The molecular weight excluding hydrogens is 248 g/mol. The molecule has 2 fully saturated rings. The summed E-state index contributed by atoms with van der Waals surface area (Å²) in [5.41, 5.74) is 1.03. The molecule has 0 aliphatic heterocycles. The van der Waals surface area contributed by atoms with E-state index in [1.807, 2.05) is 0 Å². The van der Waals surface area contributed by atoms with Crippen LogP contribution in [0.5, 0.6) is 0 Å². The summed E-state index contributed by atoms with van der Waals surface area (Å²) in [5.74, 6) is 1.24. The number of nitrogens with zero attached hydrogens (tertiary/aromatic N) is 1. The van der Waals surface area contributed by atoms with E-state index in [2.05, 4.69) is 9.93 Å². The first-order chi connectivity index (χ1) is 8.65. The molecule has 0 unspecified atom stereocenters. The second kappa shape index (κ2) is 4.39. The van der Waals surface area contributed by atoms with E-state index in [9.17, 15) is 8.42 Å². The van der Waals surface area contributed by atoms with Gasteiger partial charge in [-0.15, -0.1) is 0 Å². The second-order valence-electron chi connectivity index (χ2n) is 5.09. The van der Waals surface area contributed by atoms with Crippen molar-refractivity contribution in [3.05, 3.63) is 30.3 Å². The highest BCUT2D eigenvalue weighted by Gasteiger charge is 2.36. The second-order valence-corrected chi connectivity index (χ2v) is 6.75. The lowest BCUT2D eigenvalue weighted by molar-refractivity contribution is 0.579. The van der Waals surface area contributed by atoms with E-state index in [-0.39, 0.29) is 4.90 Å². The summed E-state index contributed by atoms with van der Waals surface area (Å²) in [6, 6.07) is 8.35. The van der Waals surface area contributed by atoms with Gasteiger partial charge in [0.2, 0.25) is 0 Å². The van der Waals surface area contributed by atoms with Gasteiger partial charge in [0, 0.05) is 5.71 Å². The molecule has 5 heteroatoms. The maximum absolute atomic E-state index is 12.0. The van der Waals surface area contributed by atoms with Crippen molar-refractivity contribution in [2.45, 2.75) is 30.6 Å². The number of fused-ring (bicyclic) bond motifs is 2. The van der Waals surface area contributed by atoms with Crippen LogP contribution < -0.4 is 4.83 Å². The summed E-state index contributed by atoms with van der Waals surface area (Å²) >= 11 is 0. The number of hydrogen-bond donors (Lipinski definition) is 1. The molecule has 0 radical (unpaired) electrons. The van der Waals surface area contributed by atoms with Gasteiger partial charge in [-0.3, -0.25) is 0 Å². The summed E-state index contributed by atoms with van der Waals surface area (Å²) in [6.45, 7) is 0. The number of hydrogen-bond acceptors (Lipinski definition) is 3. The SMILES string of the molecule is O=S(=O)(N/N=C1\C[C@@H]2CC[C@@H]1C2)c1ccccc1. The zero-order valence-electron chi connectivity index (χ0n) is 10.0. The summed E-state index contributed by atoms with van der Waals surface area (Å²) in [5, 5.41) is 4.13. The van der Waals surface area contributed by atoms with Crippen LogP contribution in [0, 0.1) is 11.8 Å². The number of hydrazone groups is 1. The first-order valence-electron chi connectivity index (χ1n) is 6.28. The van der Waals surface area contributed by atoms with Crippen molar-refractivity contribution >= 4 is 15.7 Å². The quantitative estimate of drug-likeness (QED) is 0.850.